The maximum absolute atomic E-state index is 13.4. The van der Waals surface area contributed by atoms with Crippen LogP contribution in [0.5, 0.6) is 0 Å². The van der Waals surface area contributed by atoms with Gasteiger partial charge < -0.3 is 4.74 Å². The zero-order valence-corrected chi connectivity index (χ0v) is 7.56. The molecule has 1 unspecified atom stereocenters. The minimum absolute atomic E-state index is 0.0756. The number of alkyl halides is 3. The van der Waals surface area contributed by atoms with Crippen molar-refractivity contribution < 1.29 is 22.7 Å². The van der Waals surface area contributed by atoms with Crippen LogP contribution in [0, 0.1) is 0 Å². The lowest BCUT2D eigenvalue weighted by molar-refractivity contribution is -0.180. The van der Waals surface area contributed by atoms with Crippen molar-refractivity contribution in [2.45, 2.75) is 49.8 Å². The van der Waals surface area contributed by atoms with Crippen molar-refractivity contribution in [2.75, 3.05) is 0 Å². The molecule has 1 aliphatic carbocycles. The molecule has 2 rings (SSSR count). The molecule has 2 fully saturated rings. The van der Waals surface area contributed by atoms with E-state index in [1.165, 1.54) is 0 Å². The highest BCUT2D eigenvalue weighted by Gasteiger charge is 2.70. The summed E-state index contributed by atoms with van der Waals surface area (Å²) in [6.07, 6.45) is -0.656. The maximum Gasteiger partial charge on any atom is 0.348 e. The van der Waals surface area contributed by atoms with Crippen LogP contribution in [0.4, 0.5) is 13.2 Å². The highest BCUT2D eigenvalue weighted by molar-refractivity contribution is 5.79. The zero-order valence-electron chi connectivity index (χ0n) is 7.56. The molecule has 80 valence electrons. The van der Waals surface area contributed by atoms with E-state index in [2.05, 4.69) is 4.74 Å². The second-order valence-electron chi connectivity index (χ2n) is 3.96. The molecule has 1 spiro atoms. The molecule has 2 aliphatic rings. The molecular weight excluding hydrogens is 197 g/mol. The van der Waals surface area contributed by atoms with Crippen LogP contribution >= 0.6 is 0 Å². The lowest BCUT2D eigenvalue weighted by Gasteiger charge is -2.35. The lowest BCUT2D eigenvalue weighted by Crippen LogP contribution is -2.49. The van der Waals surface area contributed by atoms with Crippen molar-refractivity contribution in [3.05, 3.63) is 0 Å². The fourth-order valence-electron chi connectivity index (χ4n) is 2.25. The Labute approximate surface area is 79.4 Å². The van der Waals surface area contributed by atoms with Crippen molar-refractivity contribution in [2.24, 2.45) is 0 Å². The Kier molecular flexibility index (Phi) is 2.01. The fraction of sp³-hybridized carbons (Fsp3) is 0.889. The van der Waals surface area contributed by atoms with Gasteiger partial charge in [0.15, 0.2) is 5.60 Å². The third kappa shape index (κ3) is 1.07. The molecule has 0 bridgehead atoms. The smallest absolute Gasteiger partial charge is 0.348 e. The van der Waals surface area contributed by atoms with E-state index >= 15 is 0 Å². The predicted octanol–water partition coefficient (Wildman–Crippen LogP) is 2.22. The van der Waals surface area contributed by atoms with Crippen LogP contribution in [0.25, 0.3) is 0 Å². The number of esters is 1. The largest absolute Gasteiger partial charge is 0.450 e. The number of rotatable bonds is 0. The van der Waals surface area contributed by atoms with Gasteiger partial charge in [0.1, 0.15) is 0 Å². The minimum Gasteiger partial charge on any atom is -0.450 e. The summed E-state index contributed by atoms with van der Waals surface area (Å²) in [4.78, 5) is 10.8. The topological polar surface area (TPSA) is 26.3 Å². The molecule has 0 aromatic heterocycles. The summed E-state index contributed by atoms with van der Waals surface area (Å²) in [6.45, 7) is 0. The first-order valence-corrected chi connectivity index (χ1v) is 4.74. The Morgan fingerprint density at radius 3 is 2.21 bits per heavy atom. The molecule has 1 saturated heterocycles. The molecule has 14 heavy (non-hydrogen) atoms. The Morgan fingerprint density at radius 1 is 1.21 bits per heavy atom. The number of carbonyl (C=O) groups is 1. The predicted molar refractivity (Wildman–Crippen MR) is 41.8 cm³/mol. The van der Waals surface area contributed by atoms with Crippen LogP contribution in [0.1, 0.15) is 32.1 Å². The van der Waals surface area contributed by atoms with E-state index in [4.69, 9.17) is 0 Å². The Bertz CT molecular complexity index is 259. The van der Waals surface area contributed by atoms with Gasteiger partial charge in [-0.25, -0.2) is 9.18 Å². The van der Waals surface area contributed by atoms with Gasteiger partial charge in [0.25, 0.3) is 6.17 Å². The van der Waals surface area contributed by atoms with Crippen molar-refractivity contribution in [3.63, 3.8) is 0 Å². The second kappa shape index (κ2) is 2.87. The molecule has 1 aliphatic heterocycles. The number of halogens is 3. The van der Waals surface area contributed by atoms with Crippen LogP contribution in [0.2, 0.25) is 0 Å². The van der Waals surface area contributed by atoms with Gasteiger partial charge in [-0.1, -0.05) is 6.42 Å². The molecule has 0 radical (unpaired) electrons. The Morgan fingerprint density at radius 2 is 1.79 bits per heavy atom. The van der Waals surface area contributed by atoms with E-state index in [-0.39, 0.29) is 12.8 Å². The first-order valence-electron chi connectivity index (χ1n) is 4.74. The minimum atomic E-state index is -3.65. The van der Waals surface area contributed by atoms with E-state index in [1.54, 1.807) is 0 Å². The van der Waals surface area contributed by atoms with Crippen LogP contribution in [-0.4, -0.2) is 23.7 Å². The lowest BCUT2D eigenvalue weighted by atomic mass is 9.80. The summed E-state index contributed by atoms with van der Waals surface area (Å²) in [5.41, 5.74) is -1.85. The summed E-state index contributed by atoms with van der Waals surface area (Å²) in [6, 6.07) is 0. The van der Waals surface area contributed by atoms with Crippen LogP contribution in [0.3, 0.4) is 0 Å². The van der Waals surface area contributed by atoms with Gasteiger partial charge in [0.2, 0.25) is 0 Å². The molecule has 1 heterocycles. The van der Waals surface area contributed by atoms with Crippen molar-refractivity contribution >= 4 is 5.97 Å². The average molecular weight is 208 g/mol. The van der Waals surface area contributed by atoms with Crippen LogP contribution in [-0.2, 0) is 9.53 Å². The third-order valence-corrected chi connectivity index (χ3v) is 3.09. The average Bonchev–Trinajstić information content (AvgIpc) is 2.30. The molecule has 1 atom stereocenters. The summed E-state index contributed by atoms with van der Waals surface area (Å²) >= 11 is 0. The molecule has 0 aromatic carbocycles. The molecule has 2 nitrogen and oxygen atoms in total. The molecule has 0 aromatic rings. The van der Waals surface area contributed by atoms with E-state index in [1.807, 2.05) is 0 Å². The quantitative estimate of drug-likeness (QED) is 0.570. The van der Waals surface area contributed by atoms with Crippen LogP contribution in [0.15, 0.2) is 0 Å². The zero-order chi connectivity index (χ0) is 10.4. The van der Waals surface area contributed by atoms with Gasteiger partial charge in [-0.05, 0) is 25.7 Å². The molecule has 0 N–H and O–H groups in total. The van der Waals surface area contributed by atoms with Gasteiger partial charge in [-0.3, -0.25) is 0 Å². The van der Waals surface area contributed by atoms with Crippen molar-refractivity contribution in [3.8, 4) is 0 Å². The summed E-state index contributed by atoms with van der Waals surface area (Å²) in [5.74, 6) is -5.05. The monoisotopic (exact) mass is 208 g/mol. The molecule has 1 saturated carbocycles. The Hall–Kier alpha value is -0.740. The molecular formula is C9H11F3O2. The highest BCUT2D eigenvalue weighted by Crippen LogP contribution is 2.50. The van der Waals surface area contributed by atoms with Gasteiger partial charge >= 0.3 is 11.9 Å². The Balaban J connectivity index is 2.30. The normalized spacial score (nSPS) is 34.5. The number of hydrogen-bond acceptors (Lipinski definition) is 2. The first-order chi connectivity index (χ1) is 6.50. The van der Waals surface area contributed by atoms with E-state index in [0.717, 1.165) is 6.42 Å². The summed E-state index contributed by atoms with van der Waals surface area (Å²) in [7, 11) is 0. The van der Waals surface area contributed by atoms with Gasteiger partial charge in [0, 0.05) is 0 Å². The second-order valence-corrected chi connectivity index (χ2v) is 3.96. The van der Waals surface area contributed by atoms with Gasteiger partial charge in [-0.15, -0.1) is 0 Å². The number of hydrogen-bond donors (Lipinski definition) is 0. The first kappa shape index (κ1) is 9.80. The van der Waals surface area contributed by atoms with E-state index in [9.17, 15) is 18.0 Å². The van der Waals surface area contributed by atoms with Crippen molar-refractivity contribution in [1.82, 2.24) is 0 Å². The maximum atomic E-state index is 13.4. The highest BCUT2D eigenvalue weighted by atomic mass is 19.3. The van der Waals surface area contributed by atoms with E-state index in [0.29, 0.717) is 12.8 Å². The van der Waals surface area contributed by atoms with Crippen LogP contribution < -0.4 is 0 Å². The number of carbonyl (C=O) groups excluding carboxylic acids is 1. The van der Waals surface area contributed by atoms with Crippen molar-refractivity contribution in [1.29, 1.82) is 0 Å². The number of ether oxygens (including phenoxy) is 1. The third-order valence-electron chi connectivity index (χ3n) is 3.09. The summed E-state index contributed by atoms with van der Waals surface area (Å²) in [5, 5.41) is 0. The van der Waals surface area contributed by atoms with Gasteiger partial charge in [-0.2, -0.15) is 8.78 Å². The fourth-order valence-corrected chi connectivity index (χ4v) is 2.25. The van der Waals surface area contributed by atoms with Gasteiger partial charge in [0.05, 0.1) is 0 Å². The van der Waals surface area contributed by atoms with E-state index < -0.39 is 23.7 Å². The molecule has 0 amide bonds. The summed E-state index contributed by atoms with van der Waals surface area (Å²) < 4.78 is 44.3. The SMILES string of the molecule is O=C1OC2(CCCCC2)C(F)(F)C1F. The molecule has 5 heteroatoms. The standard InChI is InChI=1S/C9H11F3O2/c10-6-7(13)14-8(9(6,11)12)4-2-1-3-5-8/h6H,1-5H2.